The molecule has 2 aromatic carbocycles. The summed E-state index contributed by atoms with van der Waals surface area (Å²) in [6, 6.07) is 11.4. The van der Waals surface area contributed by atoms with Crippen LogP contribution in [0.2, 0.25) is 5.02 Å². The largest absolute Gasteiger partial charge is 0.495 e. The Morgan fingerprint density at radius 2 is 1.86 bits per heavy atom. The molecule has 7 nitrogen and oxygen atoms in total. The third-order valence-corrected chi connectivity index (χ3v) is 5.66. The van der Waals surface area contributed by atoms with Crippen molar-refractivity contribution < 1.29 is 9.47 Å². The lowest BCUT2D eigenvalue weighted by atomic mass is 10.1. The number of anilines is 1. The van der Waals surface area contributed by atoms with Crippen LogP contribution >= 0.6 is 22.9 Å². The van der Waals surface area contributed by atoms with Gasteiger partial charge in [0.05, 0.1) is 24.9 Å². The van der Waals surface area contributed by atoms with Crippen molar-refractivity contribution >= 4 is 28.8 Å². The fourth-order valence-electron chi connectivity index (χ4n) is 3.00. The molecule has 29 heavy (non-hydrogen) atoms. The molecular formula is C20H18ClN5O2S. The lowest BCUT2D eigenvalue weighted by Crippen LogP contribution is -2.05. The second-order valence-corrected chi connectivity index (χ2v) is 7.51. The molecule has 0 fully saturated rings. The number of methoxy groups -OCH3 is 2. The van der Waals surface area contributed by atoms with Crippen LogP contribution in [-0.4, -0.2) is 34.2 Å². The molecule has 0 radical (unpaired) electrons. The van der Waals surface area contributed by atoms with E-state index in [9.17, 15) is 0 Å². The molecule has 0 saturated carbocycles. The van der Waals surface area contributed by atoms with Crippen LogP contribution in [0.25, 0.3) is 27.6 Å². The molecule has 0 aliphatic heterocycles. The summed E-state index contributed by atoms with van der Waals surface area (Å²) in [7, 11) is 3.09. The lowest BCUT2D eigenvalue weighted by molar-refractivity contribution is 0.392. The molecule has 2 heterocycles. The van der Waals surface area contributed by atoms with Gasteiger partial charge in [0.1, 0.15) is 22.2 Å². The average Bonchev–Trinajstić information content (AvgIpc) is 3.35. The number of ether oxygens (including phenoxy) is 2. The van der Waals surface area contributed by atoms with Crippen molar-refractivity contribution in [2.24, 2.45) is 0 Å². The molecule has 0 saturated heterocycles. The minimum absolute atomic E-state index is 0.343. The van der Waals surface area contributed by atoms with E-state index in [0.717, 1.165) is 16.8 Å². The fraction of sp³-hybridized carbons (Fsp3) is 0.150. The number of rotatable bonds is 5. The monoisotopic (exact) mass is 427 g/mol. The van der Waals surface area contributed by atoms with E-state index in [0.29, 0.717) is 38.7 Å². The Morgan fingerprint density at radius 3 is 2.59 bits per heavy atom. The van der Waals surface area contributed by atoms with Crippen LogP contribution in [0.15, 0.2) is 41.8 Å². The number of nitrogens with two attached hydrogens (primary N) is 1. The quantitative estimate of drug-likeness (QED) is 0.500. The van der Waals surface area contributed by atoms with Gasteiger partial charge < -0.3 is 15.2 Å². The van der Waals surface area contributed by atoms with E-state index in [4.69, 9.17) is 31.8 Å². The highest BCUT2D eigenvalue weighted by atomic mass is 35.5. The van der Waals surface area contributed by atoms with E-state index < -0.39 is 0 Å². The molecule has 4 rings (SSSR count). The van der Waals surface area contributed by atoms with Gasteiger partial charge in [0.25, 0.3) is 0 Å². The average molecular weight is 428 g/mol. The number of thiazole rings is 1. The van der Waals surface area contributed by atoms with Crippen molar-refractivity contribution in [3.63, 3.8) is 0 Å². The molecule has 4 aromatic rings. The summed E-state index contributed by atoms with van der Waals surface area (Å²) in [5, 5.41) is 11.5. The van der Waals surface area contributed by atoms with Crippen LogP contribution in [-0.2, 0) is 0 Å². The first-order valence-corrected chi connectivity index (χ1v) is 9.94. The van der Waals surface area contributed by atoms with Crippen LogP contribution in [0, 0.1) is 6.92 Å². The number of nitrogens with zero attached hydrogens (tertiary/aromatic N) is 4. The number of hydrogen-bond acceptors (Lipinski definition) is 7. The van der Waals surface area contributed by atoms with Crippen molar-refractivity contribution in [2.45, 2.75) is 6.92 Å². The Bertz CT molecular complexity index is 1190. The van der Waals surface area contributed by atoms with Crippen molar-refractivity contribution in [1.29, 1.82) is 0 Å². The highest BCUT2D eigenvalue weighted by Gasteiger charge is 2.20. The minimum Gasteiger partial charge on any atom is -0.495 e. The van der Waals surface area contributed by atoms with E-state index >= 15 is 0 Å². The molecular weight excluding hydrogens is 410 g/mol. The maximum Gasteiger partial charge on any atom is 0.165 e. The smallest absolute Gasteiger partial charge is 0.165 e. The van der Waals surface area contributed by atoms with Crippen LogP contribution in [0.4, 0.5) is 5.82 Å². The van der Waals surface area contributed by atoms with E-state index in [1.54, 1.807) is 19.2 Å². The van der Waals surface area contributed by atoms with Gasteiger partial charge in [-0.05, 0) is 18.6 Å². The van der Waals surface area contributed by atoms with Gasteiger partial charge in [-0.3, -0.25) is 0 Å². The summed E-state index contributed by atoms with van der Waals surface area (Å²) in [6.45, 7) is 2.05. The van der Waals surface area contributed by atoms with Gasteiger partial charge in [-0.2, -0.15) is 4.68 Å². The lowest BCUT2D eigenvalue weighted by Gasteiger charge is -2.12. The zero-order valence-electron chi connectivity index (χ0n) is 16.0. The number of hydrogen-bond donors (Lipinski definition) is 1. The molecule has 2 aromatic heterocycles. The topological polar surface area (TPSA) is 88.1 Å². The minimum atomic E-state index is 0.343. The predicted octanol–water partition coefficient (Wildman–Crippen LogP) is 4.62. The van der Waals surface area contributed by atoms with E-state index in [-0.39, 0.29) is 0 Å². The van der Waals surface area contributed by atoms with Gasteiger partial charge >= 0.3 is 0 Å². The number of nitrogen functional groups attached to an aromatic ring is 1. The SMILES string of the molecule is COc1cc(OC)c(-n2nnc(-c3nc(-c4ccccc4C)cs3)c2N)cc1Cl. The predicted molar refractivity (Wildman–Crippen MR) is 115 cm³/mol. The standard InChI is InChI=1S/C20H18ClN5O2S/c1-11-6-4-5-7-12(11)14-10-29-20(23-14)18-19(22)26(25-24-18)15-8-13(21)16(27-2)9-17(15)28-3/h4-10H,22H2,1-3H3. The van der Waals surface area contributed by atoms with Gasteiger partial charge in [-0.1, -0.05) is 41.1 Å². The van der Waals surface area contributed by atoms with Gasteiger partial charge in [-0.25, -0.2) is 4.98 Å². The highest BCUT2D eigenvalue weighted by molar-refractivity contribution is 7.13. The highest BCUT2D eigenvalue weighted by Crippen LogP contribution is 2.37. The third kappa shape index (κ3) is 3.41. The Hall–Kier alpha value is -3.10. The van der Waals surface area contributed by atoms with Crippen LogP contribution in [0.5, 0.6) is 11.5 Å². The molecule has 2 N–H and O–H groups in total. The first kappa shape index (κ1) is 19.2. The van der Waals surface area contributed by atoms with Gasteiger partial charge in [0.15, 0.2) is 11.5 Å². The molecule has 148 valence electrons. The fourth-order valence-corrected chi connectivity index (χ4v) is 4.04. The summed E-state index contributed by atoms with van der Waals surface area (Å²) in [4.78, 5) is 4.71. The maximum atomic E-state index is 6.36. The molecule has 0 atom stereocenters. The number of aryl methyl sites for hydroxylation is 1. The van der Waals surface area contributed by atoms with E-state index in [1.807, 2.05) is 23.6 Å². The zero-order chi connectivity index (χ0) is 20.5. The Balaban J connectivity index is 1.76. The van der Waals surface area contributed by atoms with Gasteiger partial charge in [-0.15, -0.1) is 16.4 Å². The zero-order valence-corrected chi connectivity index (χ0v) is 17.6. The Labute approximate surface area is 176 Å². The van der Waals surface area contributed by atoms with Crippen molar-refractivity contribution in [3.05, 3.63) is 52.4 Å². The molecule has 0 unspecified atom stereocenters. The molecule has 9 heteroatoms. The second kappa shape index (κ2) is 7.73. The summed E-state index contributed by atoms with van der Waals surface area (Å²) in [5.41, 5.74) is 10.5. The van der Waals surface area contributed by atoms with Crippen LogP contribution in [0.3, 0.4) is 0 Å². The molecule has 0 bridgehead atoms. The van der Waals surface area contributed by atoms with Crippen molar-refractivity contribution in [1.82, 2.24) is 20.0 Å². The normalized spacial score (nSPS) is 10.9. The summed E-state index contributed by atoms with van der Waals surface area (Å²) in [5.74, 6) is 1.35. The van der Waals surface area contributed by atoms with Crippen molar-refractivity contribution in [3.8, 4) is 39.1 Å². The summed E-state index contributed by atoms with van der Waals surface area (Å²) >= 11 is 7.74. The van der Waals surface area contributed by atoms with E-state index in [1.165, 1.54) is 23.1 Å². The summed E-state index contributed by atoms with van der Waals surface area (Å²) < 4.78 is 12.2. The van der Waals surface area contributed by atoms with Crippen molar-refractivity contribution in [2.75, 3.05) is 20.0 Å². The first-order chi connectivity index (χ1) is 14.0. The molecule has 0 spiro atoms. The molecule has 0 aliphatic rings. The number of benzene rings is 2. The Kier molecular flexibility index (Phi) is 5.12. The van der Waals surface area contributed by atoms with E-state index in [2.05, 4.69) is 23.3 Å². The molecule has 0 aliphatic carbocycles. The first-order valence-electron chi connectivity index (χ1n) is 8.68. The number of halogens is 1. The molecule has 0 amide bonds. The summed E-state index contributed by atoms with van der Waals surface area (Å²) in [6.07, 6.45) is 0. The van der Waals surface area contributed by atoms with Crippen LogP contribution < -0.4 is 15.2 Å². The third-order valence-electron chi connectivity index (χ3n) is 4.51. The maximum absolute atomic E-state index is 6.36. The van der Waals surface area contributed by atoms with Crippen LogP contribution in [0.1, 0.15) is 5.56 Å². The van der Waals surface area contributed by atoms with Gasteiger partial charge in [0, 0.05) is 17.0 Å². The number of aromatic nitrogens is 4. The Morgan fingerprint density at radius 1 is 1.10 bits per heavy atom. The van der Waals surface area contributed by atoms with Gasteiger partial charge in [0.2, 0.25) is 0 Å². The second-order valence-electron chi connectivity index (χ2n) is 6.25.